The number of benzene rings is 1. The maximum atomic E-state index is 13.3. The monoisotopic (exact) mass is 479 g/mol. The Kier molecular flexibility index (Phi) is 10.1. The average Bonchev–Trinajstić information content (AvgIpc) is 2.71. The number of hydrogen-bond donors (Lipinski definition) is 3. The number of nitrogens with one attached hydrogen (secondary N) is 3. The summed E-state index contributed by atoms with van der Waals surface area (Å²) in [5.74, 6) is 0.858. The van der Waals surface area contributed by atoms with Gasteiger partial charge in [-0.1, -0.05) is 55.9 Å². The third kappa shape index (κ3) is 8.12. The zero-order chi connectivity index (χ0) is 23.9. The van der Waals surface area contributed by atoms with E-state index in [1.54, 1.807) is 23.9 Å². The van der Waals surface area contributed by atoms with E-state index < -0.39 is 23.7 Å². The third-order valence-corrected chi connectivity index (χ3v) is 7.01. The minimum Gasteiger partial charge on any atom is -0.350 e. The van der Waals surface area contributed by atoms with E-state index in [1.165, 1.54) is 11.8 Å². The molecule has 0 radical (unpaired) electrons. The normalized spacial score (nSPS) is 22.3. The molecule has 178 valence electrons. The van der Waals surface area contributed by atoms with Gasteiger partial charge in [-0.05, 0) is 51.5 Å². The second-order valence-corrected chi connectivity index (χ2v) is 11.9. The van der Waals surface area contributed by atoms with Gasteiger partial charge in [0.1, 0.15) is 6.04 Å². The molecule has 1 heterocycles. The first kappa shape index (κ1) is 26.7. The van der Waals surface area contributed by atoms with Crippen LogP contribution in [0.1, 0.15) is 57.8 Å². The Labute approximate surface area is 200 Å². The van der Waals surface area contributed by atoms with Crippen LogP contribution in [0, 0.1) is 5.92 Å². The predicted molar refractivity (Wildman–Crippen MR) is 135 cm³/mol. The van der Waals surface area contributed by atoms with Crippen LogP contribution in [0.25, 0.3) is 0 Å². The maximum Gasteiger partial charge on any atom is 0.239 e. The smallest absolute Gasteiger partial charge is 0.239 e. The van der Waals surface area contributed by atoms with Crippen molar-refractivity contribution in [2.75, 3.05) is 12.0 Å². The van der Waals surface area contributed by atoms with Gasteiger partial charge in [-0.25, -0.2) is 0 Å². The molecule has 1 fully saturated rings. The molecule has 0 aliphatic carbocycles. The molecular formula is C24H37N3O3S2. The molecule has 2 rings (SSSR count). The molecule has 8 heteroatoms. The SMILES string of the molecule is CSCC[C@@H]1N[C@@H](C(=O)NC(C)(C)C)[C@H]([C@@H](CC(C)C)SC(=O)c2ccccc2)NC1=O. The number of carbonyl (C=O) groups is 3. The second-order valence-electron chi connectivity index (χ2n) is 9.69. The minimum atomic E-state index is -0.612. The Bertz CT molecular complexity index is 780. The van der Waals surface area contributed by atoms with E-state index in [2.05, 4.69) is 29.8 Å². The first-order chi connectivity index (χ1) is 15.0. The molecule has 0 bridgehead atoms. The van der Waals surface area contributed by atoms with Gasteiger partial charge in [-0.3, -0.25) is 19.7 Å². The van der Waals surface area contributed by atoms with Crippen molar-refractivity contribution < 1.29 is 14.4 Å². The van der Waals surface area contributed by atoms with Crippen molar-refractivity contribution in [2.45, 2.75) is 76.4 Å². The fourth-order valence-corrected chi connectivity index (χ4v) is 5.57. The lowest BCUT2D eigenvalue weighted by molar-refractivity contribution is -0.131. The summed E-state index contributed by atoms with van der Waals surface area (Å²) < 4.78 is 0. The van der Waals surface area contributed by atoms with Gasteiger partial charge in [0.05, 0.1) is 12.1 Å². The van der Waals surface area contributed by atoms with Crippen LogP contribution in [-0.2, 0) is 9.59 Å². The van der Waals surface area contributed by atoms with Crippen LogP contribution >= 0.6 is 23.5 Å². The van der Waals surface area contributed by atoms with Gasteiger partial charge in [-0.2, -0.15) is 11.8 Å². The molecule has 2 amide bonds. The largest absolute Gasteiger partial charge is 0.350 e. The highest BCUT2D eigenvalue weighted by atomic mass is 32.2. The van der Waals surface area contributed by atoms with Crippen LogP contribution in [0.5, 0.6) is 0 Å². The van der Waals surface area contributed by atoms with Gasteiger partial charge >= 0.3 is 0 Å². The molecule has 1 aliphatic heterocycles. The van der Waals surface area contributed by atoms with Crippen molar-refractivity contribution in [2.24, 2.45) is 5.92 Å². The first-order valence-corrected chi connectivity index (χ1v) is 13.4. The second kappa shape index (κ2) is 12.1. The summed E-state index contributed by atoms with van der Waals surface area (Å²) in [7, 11) is 0. The van der Waals surface area contributed by atoms with Crippen molar-refractivity contribution in [3.8, 4) is 0 Å². The lowest BCUT2D eigenvalue weighted by atomic mass is 9.92. The van der Waals surface area contributed by atoms with Crippen LogP contribution in [0.4, 0.5) is 0 Å². The van der Waals surface area contributed by atoms with Crippen molar-refractivity contribution >= 4 is 40.5 Å². The Balaban J connectivity index is 2.32. The van der Waals surface area contributed by atoms with Gasteiger partial charge in [0.15, 0.2) is 0 Å². The van der Waals surface area contributed by atoms with Crippen LogP contribution in [0.15, 0.2) is 30.3 Å². The van der Waals surface area contributed by atoms with Crippen LogP contribution < -0.4 is 16.0 Å². The number of amides is 2. The van der Waals surface area contributed by atoms with Crippen molar-refractivity contribution in [1.29, 1.82) is 0 Å². The lowest BCUT2D eigenvalue weighted by Gasteiger charge is -2.41. The van der Waals surface area contributed by atoms with Crippen LogP contribution in [0.2, 0.25) is 0 Å². The van der Waals surface area contributed by atoms with E-state index in [1.807, 2.05) is 45.2 Å². The first-order valence-electron chi connectivity index (χ1n) is 11.1. The Morgan fingerprint density at radius 3 is 2.38 bits per heavy atom. The molecule has 0 unspecified atom stereocenters. The highest BCUT2D eigenvalue weighted by Gasteiger charge is 2.44. The molecular weight excluding hydrogens is 442 g/mol. The number of thioether (sulfide) groups is 2. The lowest BCUT2D eigenvalue weighted by Crippen LogP contribution is -2.71. The fraction of sp³-hybridized carbons (Fsp3) is 0.625. The fourth-order valence-electron chi connectivity index (χ4n) is 3.70. The van der Waals surface area contributed by atoms with Crippen molar-refractivity contribution in [1.82, 2.24) is 16.0 Å². The standard InChI is InChI=1S/C24H37N3O3S2/c1-15(2)14-18(32-23(30)16-10-8-7-9-11-16)19-20(22(29)27-24(3,4)5)25-17(12-13-31-6)21(28)26-19/h7-11,15,17-20,25H,12-14H2,1-6H3,(H,26,28)(H,27,29)/t17-,18+,19-,20+/m0/s1. The molecule has 0 aromatic heterocycles. The maximum absolute atomic E-state index is 13.3. The summed E-state index contributed by atoms with van der Waals surface area (Å²) in [6.45, 7) is 9.98. The molecule has 6 nitrogen and oxygen atoms in total. The summed E-state index contributed by atoms with van der Waals surface area (Å²) in [6, 6.07) is 7.61. The molecule has 4 atom stereocenters. The summed E-state index contributed by atoms with van der Waals surface area (Å²) >= 11 is 2.88. The van der Waals surface area contributed by atoms with Gasteiger partial charge in [-0.15, -0.1) is 0 Å². The molecule has 0 spiro atoms. The summed E-state index contributed by atoms with van der Waals surface area (Å²) in [5.41, 5.74) is 0.218. The summed E-state index contributed by atoms with van der Waals surface area (Å²) in [4.78, 5) is 39.2. The zero-order valence-electron chi connectivity index (χ0n) is 19.9. The summed E-state index contributed by atoms with van der Waals surface area (Å²) in [5, 5.41) is 9.19. The number of hydrogen-bond acceptors (Lipinski definition) is 6. The molecule has 1 aromatic rings. The van der Waals surface area contributed by atoms with Crippen molar-refractivity contribution in [3.05, 3.63) is 35.9 Å². The highest BCUT2D eigenvalue weighted by molar-refractivity contribution is 8.14. The molecule has 32 heavy (non-hydrogen) atoms. The molecule has 0 saturated carbocycles. The van der Waals surface area contributed by atoms with Crippen molar-refractivity contribution in [3.63, 3.8) is 0 Å². The van der Waals surface area contributed by atoms with Crippen LogP contribution in [-0.4, -0.2) is 57.9 Å². The van der Waals surface area contributed by atoms with E-state index in [4.69, 9.17) is 0 Å². The van der Waals surface area contributed by atoms with E-state index in [0.717, 1.165) is 5.75 Å². The highest BCUT2D eigenvalue weighted by Crippen LogP contribution is 2.29. The third-order valence-electron chi connectivity index (χ3n) is 5.13. The van der Waals surface area contributed by atoms with Gasteiger partial charge < -0.3 is 10.6 Å². The molecule has 1 saturated heterocycles. The Morgan fingerprint density at radius 1 is 1.16 bits per heavy atom. The predicted octanol–water partition coefficient (Wildman–Crippen LogP) is 3.47. The number of carbonyl (C=O) groups excluding carboxylic acids is 3. The topological polar surface area (TPSA) is 87.3 Å². The quantitative estimate of drug-likeness (QED) is 0.503. The molecule has 3 N–H and O–H groups in total. The molecule has 1 aliphatic rings. The zero-order valence-corrected chi connectivity index (χ0v) is 21.6. The summed E-state index contributed by atoms with van der Waals surface area (Å²) in [6.07, 6.45) is 3.34. The van der Waals surface area contributed by atoms with Gasteiger partial charge in [0.25, 0.3) is 0 Å². The number of rotatable bonds is 9. The van der Waals surface area contributed by atoms with Gasteiger partial charge in [0.2, 0.25) is 16.9 Å². The molecule has 1 aromatic carbocycles. The van der Waals surface area contributed by atoms with Crippen LogP contribution in [0.3, 0.4) is 0 Å². The minimum absolute atomic E-state index is 0.0509. The van der Waals surface area contributed by atoms with E-state index >= 15 is 0 Å². The van der Waals surface area contributed by atoms with E-state index in [9.17, 15) is 14.4 Å². The number of piperazine rings is 1. The van der Waals surface area contributed by atoms with E-state index in [-0.39, 0.29) is 22.2 Å². The van der Waals surface area contributed by atoms with Gasteiger partial charge in [0, 0.05) is 16.4 Å². The average molecular weight is 480 g/mol. The Morgan fingerprint density at radius 2 is 1.81 bits per heavy atom. The van der Waals surface area contributed by atoms with E-state index in [0.29, 0.717) is 24.3 Å². The Hall–Kier alpha value is -1.51.